The van der Waals surface area contributed by atoms with Gasteiger partial charge in [-0.05, 0) is 36.6 Å². The van der Waals surface area contributed by atoms with Crippen molar-refractivity contribution in [2.75, 3.05) is 5.32 Å². The summed E-state index contributed by atoms with van der Waals surface area (Å²) in [5, 5.41) is 3.06. The molecule has 19 heavy (non-hydrogen) atoms. The number of carbonyl (C=O) groups excluding carboxylic acids is 1. The molecule has 0 aliphatic carbocycles. The number of anilines is 1. The fourth-order valence-electron chi connectivity index (χ4n) is 1.75. The maximum absolute atomic E-state index is 12.0. The van der Waals surface area contributed by atoms with E-state index in [0.717, 1.165) is 12.1 Å². The Kier molecular flexibility index (Phi) is 4.12. The van der Waals surface area contributed by atoms with E-state index >= 15 is 0 Å². The van der Waals surface area contributed by atoms with Crippen molar-refractivity contribution >= 4 is 23.2 Å². The van der Waals surface area contributed by atoms with Crippen molar-refractivity contribution in [3.8, 4) is 0 Å². The summed E-state index contributed by atoms with van der Waals surface area (Å²) in [7, 11) is 0. The highest BCUT2D eigenvalue weighted by Gasteiger charge is 2.08. The number of amides is 1. The first-order valence-electron chi connectivity index (χ1n) is 5.98. The van der Waals surface area contributed by atoms with Gasteiger partial charge in [0, 0.05) is 5.69 Å². The quantitative estimate of drug-likeness (QED) is 0.935. The van der Waals surface area contributed by atoms with Gasteiger partial charge in [-0.2, -0.15) is 0 Å². The molecule has 0 aliphatic rings. The molecule has 0 unspecified atom stereocenters. The van der Waals surface area contributed by atoms with Gasteiger partial charge in [-0.1, -0.05) is 24.6 Å². The molecule has 0 bridgehead atoms. The van der Waals surface area contributed by atoms with Gasteiger partial charge in [0.15, 0.2) is 0 Å². The molecular formula is C14H14ClN3O. The lowest BCUT2D eigenvalue weighted by Crippen LogP contribution is -2.14. The maximum atomic E-state index is 12.0. The van der Waals surface area contributed by atoms with Crippen molar-refractivity contribution in [2.45, 2.75) is 20.3 Å². The van der Waals surface area contributed by atoms with Gasteiger partial charge in [0.25, 0.3) is 5.91 Å². The number of aryl methyl sites for hydroxylation is 2. The number of halogens is 1. The first kappa shape index (κ1) is 13.5. The average molecular weight is 276 g/mol. The van der Waals surface area contributed by atoms with Crippen molar-refractivity contribution < 1.29 is 4.79 Å². The minimum absolute atomic E-state index is 0.239. The summed E-state index contributed by atoms with van der Waals surface area (Å²) in [5.74, 6) is -0.296. The zero-order valence-electron chi connectivity index (χ0n) is 10.8. The Morgan fingerprint density at radius 2 is 2.11 bits per heavy atom. The van der Waals surface area contributed by atoms with Crippen molar-refractivity contribution in [3.05, 3.63) is 52.6 Å². The summed E-state index contributed by atoms with van der Waals surface area (Å²) in [4.78, 5) is 19.7. The van der Waals surface area contributed by atoms with Crippen molar-refractivity contribution in [1.29, 1.82) is 0 Å². The van der Waals surface area contributed by atoms with Crippen molar-refractivity contribution in [2.24, 2.45) is 0 Å². The lowest BCUT2D eigenvalue weighted by atomic mass is 10.1. The van der Waals surface area contributed by atoms with Crippen LogP contribution in [0.2, 0.25) is 5.15 Å². The molecule has 0 atom stereocenters. The number of aromatic nitrogens is 2. The van der Waals surface area contributed by atoms with Gasteiger partial charge < -0.3 is 5.32 Å². The summed E-state index contributed by atoms with van der Waals surface area (Å²) < 4.78 is 0. The molecule has 0 saturated heterocycles. The number of carbonyl (C=O) groups is 1. The van der Waals surface area contributed by atoms with Crippen LogP contribution in [0, 0.1) is 6.92 Å². The third-order valence-corrected chi connectivity index (χ3v) is 3.04. The second-order valence-electron chi connectivity index (χ2n) is 4.17. The molecule has 0 fully saturated rings. The topological polar surface area (TPSA) is 54.9 Å². The zero-order chi connectivity index (χ0) is 13.8. The molecule has 0 saturated carbocycles. The van der Waals surface area contributed by atoms with Crippen LogP contribution in [0.4, 0.5) is 5.69 Å². The lowest BCUT2D eigenvalue weighted by Gasteiger charge is -2.08. The SMILES string of the molecule is CCc1cc(NC(=O)c2cnc(Cl)cn2)ccc1C. The Morgan fingerprint density at radius 1 is 1.32 bits per heavy atom. The number of benzene rings is 1. The summed E-state index contributed by atoms with van der Waals surface area (Å²) in [6.45, 7) is 4.13. The first-order valence-corrected chi connectivity index (χ1v) is 6.36. The highest BCUT2D eigenvalue weighted by atomic mass is 35.5. The molecule has 5 heteroatoms. The largest absolute Gasteiger partial charge is 0.321 e. The van der Waals surface area contributed by atoms with Crippen LogP contribution >= 0.6 is 11.6 Å². The van der Waals surface area contributed by atoms with E-state index in [2.05, 4.69) is 29.1 Å². The Hall–Kier alpha value is -1.94. The monoisotopic (exact) mass is 275 g/mol. The van der Waals surface area contributed by atoms with Crippen LogP contribution in [0.5, 0.6) is 0 Å². The molecule has 1 aromatic heterocycles. The van der Waals surface area contributed by atoms with Crippen molar-refractivity contribution in [3.63, 3.8) is 0 Å². The second-order valence-corrected chi connectivity index (χ2v) is 4.56. The molecule has 0 radical (unpaired) electrons. The summed E-state index contributed by atoms with van der Waals surface area (Å²) >= 11 is 5.63. The third-order valence-electron chi connectivity index (χ3n) is 2.84. The van der Waals surface area contributed by atoms with Gasteiger partial charge in [0.1, 0.15) is 10.8 Å². The lowest BCUT2D eigenvalue weighted by molar-refractivity contribution is 0.102. The van der Waals surface area contributed by atoms with Crippen LogP contribution in [0.25, 0.3) is 0 Å². The minimum Gasteiger partial charge on any atom is -0.321 e. The van der Waals surface area contributed by atoms with E-state index in [0.29, 0.717) is 0 Å². The summed E-state index contributed by atoms with van der Waals surface area (Å²) in [5.41, 5.74) is 3.42. The van der Waals surface area contributed by atoms with Crippen molar-refractivity contribution in [1.82, 2.24) is 9.97 Å². The van der Waals surface area contributed by atoms with E-state index in [-0.39, 0.29) is 16.8 Å². The average Bonchev–Trinajstić information content (AvgIpc) is 2.41. The van der Waals surface area contributed by atoms with E-state index in [1.54, 1.807) is 0 Å². The minimum atomic E-state index is -0.296. The smallest absolute Gasteiger partial charge is 0.275 e. The molecule has 2 rings (SSSR count). The number of rotatable bonds is 3. The Balaban J connectivity index is 2.17. The van der Waals surface area contributed by atoms with Crippen LogP contribution in [-0.4, -0.2) is 15.9 Å². The van der Waals surface area contributed by atoms with Gasteiger partial charge in [-0.25, -0.2) is 9.97 Å². The number of hydrogen-bond acceptors (Lipinski definition) is 3. The third kappa shape index (κ3) is 3.29. The Bertz CT molecular complexity index is 596. The molecule has 98 valence electrons. The van der Waals surface area contributed by atoms with E-state index in [9.17, 15) is 4.79 Å². The molecule has 1 heterocycles. The molecule has 4 nitrogen and oxygen atoms in total. The van der Waals surface area contributed by atoms with Gasteiger partial charge in [0.05, 0.1) is 12.4 Å². The van der Waals surface area contributed by atoms with E-state index in [4.69, 9.17) is 11.6 Å². The van der Waals surface area contributed by atoms with Crippen LogP contribution in [0.15, 0.2) is 30.6 Å². The maximum Gasteiger partial charge on any atom is 0.275 e. The van der Waals surface area contributed by atoms with Gasteiger partial charge >= 0.3 is 0 Å². The number of nitrogens with one attached hydrogen (secondary N) is 1. The van der Waals surface area contributed by atoms with Crippen LogP contribution < -0.4 is 5.32 Å². The van der Waals surface area contributed by atoms with Crippen LogP contribution in [0.3, 0.4) is 0 Å². The van der Waals surface area contributed by atoms with Crippen LogP contribution in [-0.2, 0) is 6.42 Å². The standard InChI is InChI=1S/C14H14ClN3O/c1-3-10-6-11(5-4-9(10)2)18-14(19)12-7-17-13(15)8-16-12/h4-8H,3H2,1-2H3,(H,18,19). The predicted octanol–water partition coefficient (Wildman–Crippen LogP) is 3.25. The number of hydrogen-bond donors (Lipinski definition) is 1. The highest BCUT2D eigenvalue weighted by Crippen LogP contribution is 2.16. The van der Waals surface area contributed by atoms with Gasteiger partial charge in [0.2, 0.25) is 0 Å². The van der Waals surface area contributed by atoms with Gasteiger partial charge in [-0.3, -0.25) is 4.79 Å². The molecule has 1 amide bonds. The van der Waals surface area contributed by atoms with E-state index in [1.807, 2.05) is 18.2 Å². The highest BCUT2D eigenvalue weighted by molar-refractivity contribution is 6.29. The second kappa shape index (κ2) is 5.80. The summed E-state index contributed by atoms with van der Waals surface area (Å²) in [6.07, 6.45) is 3.63. The zero-order valence-corrected chi connectivity index (χ0v) is 11.5. The molecule has 0 spiro atoms. The first-order chi connectivity index (χ1) is 9.10. The fraction of sp³-hybridized carbons (Fsp3) is 0.214. The molecule has 1 N–H and O–H groups in total. The molecular weight excluding hydrogens is 262 g/mol. The predicted molar refractivity (Wildman–Crippen MR) is 75.6 cm³/mol. The molecule has 1 aromatic carbocycles. The van der Waals surface area contributed by atoms with E-state index in [1.165, 1.54) is 23.5 Å². The van der Waals surface area contributed by atoms with Gasteiger partial charge in [-0.15, -0.1) is 0 Å². The molecule has 0 aliphatic heterocycles. The Labute approximate surface area is 116 Å². The summed E-state index contributed by atoms with van der Waals surface area (Å²) in [6, 6.07) is 5.83. The van der Waals surface area contributed by atoms with Crippen LogP contribution in [0.1, 0.15) is 28.5 Å². The molecule has 2 aromatic rings. The van der Waals surface area contributed by atoms with E-state index < -0.39 is 0 Å². The fourth-order valence-corrected chi connectivity index (χ4v) is 1.85. The number of nitrogens with zero attached hydrogens (tertiary/aromatic N) is 2. The normalized spacial score (nSPS) is 10.3. The Morgan fingerprint density at radius 3 is 2.74 bits per heavy atom.